The summed E-state index contributed by atoms with van der Waals surface area (Å²) in [5, 5.41) is 13.8. The van der Waals surface area contributed by atoms with Crippen molar-refractivity contribution < 1.29 is 0 Å². The first-order valence-electron chi connectivity index (χ1n) is 3.23. The summed E-state index contributed by atoms with van der Waals surface area (Å²) in [6.07, 6.45) is 4.33. The van der Waals surface area contributed by atoms with Gasteiger partial charge in [0.15, 0.2) is 5.17 Å². The molecule has 0 aromatic rings. The van der Waals surface area contributed by atoms with Crippen molar-refractivity contribution >= 4 is 23.1 Å². The van der Waals surface area contributed by atoms with Gasteiger partial charge in [0.05, 0.1) is 0 Å². The average Bonchev–Trinajstić information content (AvgIpc) is 1.87. The van der Waals surface area contributed by atoms with Crippen molar-refractivity contribution in [2.75, 3.05) is 5.75 Å². The summed E-state index contributed by atoms with van der Waals surface area (Å²) in [7, 11) is 0. The van der Waals surface area contributed by atoms with E-state index >= 15 is 0 Å². The van der Waals surface area contributed by atoms with Crippen molar-refractivity contribution in [2.45, 2.75) is 19.3 Å². The fourth-order valence-corrected chi connectivity index (χ4v) is 1.10. The molecule has 3 nitrogen and oxygen atoms in total. The van der Waals surface area contributed by atoms with Gasteiger partial charge in [-0.15, -0.1) is 0 Å². The van der Waals surface area contributed by atoms with Crippen LogP contribution in [0.3, 0.4) is 0 Å². The molecular weight excluding hydrogens is 146 g/mol. The maximum atomic E-state index is 6.87. The fourth-order valence-electron chi connectivity index (χ4n) is 0.531. The van der Waals surface area contributed by atoms with E-state index in [0.717, 1.165) is 25.0 Å². The van der Waals surface area contributed by atoms with Crippen LogP contribution in [-0.4, -0.2) is 17.1 Å². The van der Waals surface area contributed by atoms with Gasteiger partial charge in [-0.1, -0.05) is 11.8 Å². The van der Waals surface area contributed by atoms with Gasteiger partial charge in [0.2, 0.25) is 0 Å². The SMILES string of the molecule is N=CCCCCSC(=N)N. The molecule has 0 amide bonds. The highest BCUT2D eigenvalue weighted by Gasteiger charge is 1.89. The van der Waals surface area contributed by atoms with Crippen LogP contribution in [0.1, 0.15) is 19.3 Å². The summed E-state index contributed by atoms with van der Waals surface area (Å²) in [5.74, 6) is 0.906. The Morgan fingerprint density at radius 3 is 2.70 bits per heavy atom. The highest BCUT2D eigenvalue weighted by molar-refractivity contribution is 8.13. The minimum atomic E-state index is 0.190. The standard InChI is InChI=1S/C6H13N3S/c7-4-2-1-3-5-10-6(8)9/h4,7H,1-3,5H2,(H3,8,9). The molecule has 0 heterocycles. The van der Waals surface area contributed by atoms with Crippen LogP contribution in [0.15, 0.2) is 0 Å². The molecule has 0 bridgehead atoms. The molecular formula is C6H13N3S. The van der Waals surface area contributed by atoms with Gasteiger partial charge in [0.1, 0.15) is 0 Å². The van der Waals surface area contributed by atoms with Crippen molar-refractivity contribution in [2.24, 2.45) is 5.73 Å². The molecule has 4 N–H and O–H groups in total. The van der Waals surface area contributed by atoms with Crippen molar-refractivity contribution in [1.29, 1.82) is 10.8 Å². The first-order valence-corrected chi connectivity index (χ1v) is 4.21. The topological polar surface area (TPSA) is 73.7 Å². The molecule has 58 valence electrons. The lowest BCUT2D eigenvalue weighted by atomic mass is 10.3. The molecule has 0 radical (unpaired) electrons. The second-order valence-electron chi connectivity index (χ2n) is 1.91. The maximum Gasteiger partial charge on any atom is 0.151 e. The molecule has 0 saturated carbocycles. The van der Waals surface area contributed by atoms with Gasteiger partial charge in [0, 0.05) is 5.75 Å². The smallest absolute Gasteiger partial charge is 0.151 e. The van der Waals surface area contributed by atoms with Crippen LogP contribution in [0.2, 0.25) is 0 Å². The van der Waals surface area contributed by atoms with Crippen LogP contribution in [0.5, 0.6) is 0 Å². The Hall–Kier alpha value is -0.510. The van der Waals surface area contributed by atoms with Crippen LogP contribution >= 0.6 is 11.8 Å². The Morgan fingerprint density at radius 1 is 1.50 bits per heavy atom. The number of nitrogens with two attached hydrogens (primary N) is 1. The van der Waals surface area contributed by atoms with E-state index < -0.39 is 0 Å². The molecule has 0 aliphatic rings. The summed E-state index contributed by atoms with van der Waals surface area (Å²) in [6, 6.07) is 0. The van der Waals surface area contributed by atoms with Crippen LogP contribution in [0, 0.1) is 10.8 Å². The number of amidine groups is 1. The summed E-state index contributed by atoms with van der Waals surface area (Å²) < 4.78 is 0. The quantitative estimate of drug-likeness (QED) is 0.322. The third-order valence-electron chi connectivity index (χ3n) is 1.00. The number of thioether (sulfide) groups is 1. The predicted molar refractivity (Wildman–Crippen MR) is 47.0 cm³/mol. The maximum absolute atomic E-state index is 6.87. The van der Waals surface area contributed by atoms with E-state index in [0.29, 0.717) is 0 Å². The van der Waals surface area contributed by atoms with E-state index in [1.54, 1.807) is 0 Å². The van der Waals surface area contributed by atoms with E-state index in [1.807, 2.05) is 0 Å². The zero-order valence-corrected chi connectivity index (χ0v) is 6.71. The summed E-state index contributed by atoms with van der Waals surface area (Å²) in [5.41, 5.74) is 5.11. The largest absolute Gasteiger partial charge is 0.379 e. The van der Waals surface area contributed by atoms with Gasteiger partial charge in [-0.25, -0.2) is 0 Å². The lowest BCUT2D eigenvalue weighted by molar-refractivity contribution is 0.851. The number of nitrogens with one attached hydrogen (secondary N) is 2. The van der Waals surface area contributed by atoms with Crippen LogP contribution in [0.25, 0.3) is 0 Å². The Kier molecular flexibility index (Phi) is 6.27. The number of unbranched alkanes of at least 4 members (excludes halogenated alkanes) is 2. The van der Waals surface area contributed by atoms with Crippen molar-refractivity contribution in [1.82, 2.24) is 0 Å². The van der Waals surface area contributed by atoms with Gasteiger partial charge in [-0.05, 0) is 25.5 Å². The van der Waals surface area contributed by atoms with E-state index in [-0.39, 0.29) is 5.17 Å². The molecule has 0 saturated heterocycles. The van der Waals surface area contributed by atoms with Crippen LogP contribution < -0.4 is 5.73 Å². The average molecular weight is 159 g/mol. The molecule has 0 aromatic carbocycles. The van der Waals surface area contributed by atoms with Gasteiger partial charge in [-0.3, -0.25) is 5.41 Å². The second-order valence-corrected chi connectivity index (χ2v) is 3.05. The second kappa shape index (κ2) is 6.61. The van der Waals surface area contributed by atoms with Gasteiger partial charge < -0.3 is 11.1 Å². The fraction of sp³-hybridized carbons (Fsp3) is 0.667. The van der Waals surface area contributed by atoms with E-state index in [9.17, 15) is 0 Å². The third-order valence-corrected chi connectivity index (χ3v) is 1.80. The Bertz CT molecular complexity index is 114. The Labute approximate surface area is 65.4 Å². The monoisotopic (exact) mass is 159 g/mol. The van der Waals surface area contributed by atoms with Crippen LogP contribution in [-0.2, 0) is 0 Å². The molecule has 0 fully saturated rings. The molecule has 0 aliphatic heterocycles. The minimum absolute atomic E-state index is 0.190. The first-order chi connectivity index (χ1) is 4.77. The summed E-state index contributed by atoms with van der Waals surface area (Å²) in [4.78, 5) is 0. The molecule has 0 spiro atoms. The lowest BCUT2D eigenvalue weighted by Crippen LogP contribution is -2.04. The van der Waals surface area contributed by atoms with Crippen molar-refractivity contribution in [3.63, 3.8) is 0 Å². The van der Waals surface area contributed by atoms with E-state index in [2.05, 4.69) is 0 Å². The zero-order chi connectivity index (χ0) is 7.82. The molecule has 4 heteroatoms. The van der Waals surface area contributed by atoms with Crippen molar-refractivity contribution in [3.8, 4) is 0 Å². The Morgan fingerprint density at radius 2 is 2.20 bits per heavy atom. The number of hydrogen-bond acceptors (Lipinski definition) is 3. The van der Waals surface area contributed by atoms with Gasteiger partial charge in [-0.2, -0.15) is 0 Å². The highest BCUT2D eigenvalue weighted by atomic mass is 32.2. The number of hydrogen-bond donors (Lipinski definition) is 3. The lowest BCUT2D eigenvalue weighted by Gasteiger charge is -1.95. The van der Waals surface area contributed by atoms with Gasteiger partial charge >= 0.3 is 0 Å². The van der Waals surface area contributed by atoms with Crippen LogP contribution in [0.4, 0.5) is 0 Å². The highest BCUT2D eigenvalue weighted by Crippen LogP contribution is 2.03. The predicted octanol–water partition coefficient (Wildman–Crippen LogP) is 1.43. The molecule has 10 heavy (non-hydrogen) atoms. The van der Waals surface area contributed by atoms with E-state index in [4.69, 9.17) is 16.6 Å². The molecule has 0 rings (SSSR count). The minimum Gasteiger partial charge on any atom is -0.379 e. The third kappa shape index (κ3) is 7.49. The van der Waals surface area contributed by atoms with E-state index in [1.165, 1.54) is 18.0 Å². The molecule has 0 aromatic heterocycles. The summed E-state index contributed by atoms with van der Waals surface area (Å²) >= 11 is 1.37. The molecule has 0 atom stereocenters. The Balaban J connectivity index is 2.90. The summed E-state index contributed by atoms with van der Waals surface area (Å²) in [6.45, 7) is 0. The zero-order valence-electron chi connectivity index (χ0n) is 5.89. The first kappa shape index (κ1) is 9.49. The van der Waals surface area contributed by atoms with Crippen molar-refractivity contribution in [3.05, 3.63) is 0 Å². The molecule has 0 aliphatic carbocycles. The van der Waals surface area contributed by atoms with Gasteiger partial charge in [0.25, 0.3) is 0 Å². The molecule has 0 unspecified atom stereocenters. The number of rotatable bonds is 5. The normalized spacial score (nSPS) is 9.20.